The summed E-state index contributed by atoms with van der Waals surface area (Å²) in [7, 11) is -3.69. The second-order valence-electron chi connectivity index (χ2n) is 6.98. The first-order valence-electron chi connectivity index (χ1n) is 8.35. The Balaban J connectivity index is 1.61. The zero-order valence-electron chi connectivity index (χ0n) is 14.2. The van der Waals surface area contributed by atoms with Gasteiger partial charge in [0.1, 0.15) is 6.29 Å². The fourth-order valence-electron chi connectivity index (χ4n) is 3.35. The van der Waals surface area contributed by atoms with E-state index in [-0.39, 0.29) is 16.9 Å². The largest absolute Gasteiger partial charge is 0.489 e. The van der Waals surface area contributed by atoms with Crippen molar-refractivity contribution in [3.05, 3.63) is 29.3 Å². The standard InChI is InChI=1S/C16H22BN2O5P/c1-25(24)6-4-18(5-7-25)14-9-19(10-14)16(21)12-2-3-15(17(22)23)13(8-12)11-20/h2-3,8,11,14,22-23H,4-7,9-10H2,1H3. The van der Waals surface area contributed by atoms with E-state index in [2.05, 4.69) is 4.90 Å². The van der Waals surface area contributed by atoms with Gasteiger partial charge in [0.15, 0.2) is 0 Å². The van der Waals surface area contributed by atoms with Crippen LogP contribution < -0.4 is 5.46 Å². The predicted octanol–water partition coefficient (Wildman–Crippen LogP) is -0.688. The fraction of sp³-hybridized carbons (Fsp3) is 0.500. The molecule has 7 nitrogen and oxygen atoms in total. The Morgan fingerprint density at radius 1 is 1.28 bits per heavy atom. The van der Waals surface area contributed by atoms with E-state index in [1.54, 1.807) is 4.90 Å². The number of nitrogens with zero attached hydrogens (tertiary/aromatic N) is 2. The summed E-state index contributed by atoms with van der Waals surface area (Å²) < 4.78 is 12.0. The van der Waals surface area contributed by atoms with Crippen LogP contribution >= 0.6 is 7.14 Å². The average molecular weight is 364 g/mol. The fourth-order valence-corrected chi connectivity index (χ4v) is 4.93. The van der Waals surface area contributed by atoms with Gasteiger partial charge in [-0.05, 0) is 24.3 Å². The summed E-state index contributed by atoms with van der Waals surface area (Å²) in [4.78, 5) is 27.6. The van der Waals surface area contributed by atoms with Crippen LogP contribution in [-0.2, 0) is 4.57 Å². The molecule has 1 aromatic rings. The Hall–Kier alpha value is -1.47. The lowest BCUT2D eigenvalue weighted by Gasteiger charge is -2.47. The van der Waals surface area contributed by atoms with E-state index in [1.165, 1.54) is 18.2 Å². The number of hydrogen-bond acceptors (Lipinski definition) is 6. The minimum Gasteiger partial charge on any atom is -0.423 e. The van der Waals surface area contributed by atoms with E-state index in [1.807, 2.05) is 6.66 Å². The number of amides is 1. The molecule has 0 bridgehead atoms. The molecule has 0 spiro atoms. The van der Waals surface area contributed by atoms with Crippen molar-refractivity contribution in [1.29, 1.82) is 0 Å². The molecule has 0 aromatic heterocycles. The van der Waals surface area contributed by atoms with E-state index in [0.29, 0.717) is 31.0 Å². The van der Waals surface area contributed by atoms with Crippen molar-refractivity contribution in [3.8, 4) is 0 Å². The van der Waals surface area contributed by atoms with Gasteiger partial charge in [-0.2, -0.15) is 0 Å². The summed E-state index contributed by atoms with van der Waals surface area (Å²) in [6, 6.07) is 4.59. The second kappa shape index (κ2) is 7.04. The number of aldehydes is 1. The van der Waals surface area contributed by atoms with Gasteiger partial charge >= 0.3 is 7.12 Å². The topological polar surface area (TPSA) is 98.2 Å². The molecule has 9 heteroatoms. The molecule has 25 heavy (non-hydrogen) atoms. The van der Waals surface area contributed by atoms with Crippen LogP contribution in [0.3, 0.4) is 0 Å². The van der Waals surface area contributed by atoms with Gasteiger partial charge in [-0.25, -0.2) is 0 Å². The maximum absolute atomic E-state index is 12.5. The van der Waals surface area contributed by atoms with E-state index < -0.39 is 14.3 Å². The van der Waals surface area contributed by atoms with E-state index in [9.17, 15) is 24.2 Å². The van der Waals surface area contributed by atoms with E-state index in [0.717, 1.165) is 25.4 Å². The van der Waals surface area contributed by atoms with Crippen molar-refractivity contribution in [1.82, 2.24) is 9.80 Å². The molecule has 2 N–H and O–H groups in total. The average Bonchev–Trinajstić information content (AvgIpc) is 2.54. The lowest BCUT2D eigenvalue weighted by molar-refractivity contribution is 0.0289. The molecule has 3 rings (SSSR count). The van der Waals surface area contributed by atoms with Gasteiger partial charge in [-0.15, -0.1) is 0 Å². The number of carbonyl (C=O) groups excluding carboxylic acids is 2. The molecular weight excluding hydrogens is 342 g/mol. The van der Waals surface area contributed by atoms with Crippen LogP contribution in [0.1, 0.15) is 20.7 Å². The molecule has 0 saturated carbocycles. The number of rotatable bonds is 4. The van der Waals surface area contributed by atoms with Gasteiger partial charge in [-0.1, -0.05) is 6.07 Å². The molecule has 134 valence electrons. The predicted molar refractivity (Wildman–Crippen MR) is 96.2 cm³/mol. The van der Waals surface area contributed by atoms with Crippen molar-refractivity contribution >= 4 is 31.9 Å². The molecule has 1 aromatic carbocycles. The van der Waals surface area contributed by atoms with Gasteiger partial charge in [0, 0.05) is 55.7 Å². The molecule has 0 aliphatic carbocycles. The Morgan fingerprint density at radius 2 is 1.92 bits per heavy atom. The van der Waals surface area contributed by atoms with Gasteiger partial charge < -0.3 is 19.5 Å². The quantitative estimate of drug-likeness (QED) is 0.417. The van der Waals surface area contributed by atoms with Crippen molar-refractivity contribution < 1.29 is 24.2 Å². The van der Waals surface area contributed by atoms with Crippen LogP contribution in [0.15, 0.2) is 18.2 Å². The third-order valence-corrected chi connectivity index (χ3v) is 7.42. The number of hydrogen-bond donors (Lipinski definition) is 2. The maximum atomic E-state index is 12.5. The van der Waals surface area contributed by atoms with E-state index in [4.69, 9.17) is 0 Å². The summed E-state index contributed by atoms with van der Waals surface area (Å²) in [5.41, 5.74) is 0.555. The van der Waals surface area contributed by atoms with Crippen molar-refractivity contribution in [3.63, 3.8) is 0 Å². The summed E-state index contributed by atoms with van der Waals surface area (Å²) in [5, 5.41) is 18.4. The zero-order valence-corrected chi connectivity index (χ0v) is 15.1. The molecule has 0 radical (unpaired) electrons. The summed E-state index contributed by atoms with van der Waals surface area (Å²) in [6.07, 6.45) is 2.00. The molecule has 1 amide bonds. The molecule has 2 aliphatic rings. The smallest absolute Gasteiger partial charge is 0.423 e. The highest BCUT2D eigenvalue weighted by molar-refractivity contribution is 7.63. The second-order valence-corrected chi connectivity index (χ2v) is 10.5. The van der Waals surface area contributed by atoms with Crippen molar-refractivity contribution in [2.75, 3.05) is 45.2 Å². The molecule has 2 fully saturated rings. The number of benzene rings is 1. The first-order valence-corrected chi connectivity index (χ1v) is 10.9. The monoisotopic (exact) mass is 364 g/mol. The van der Waals surface area contributed by atoms with Gasteiger partial charge in [0.25, 0.3) is 5.91 Å². The molecular formula is C16H22BN2O5P. The Kier molecular flexibility index (Phi) is 5.16. The van der Waals surface area contributed by atoms with Crippen LogP contribution in [0, 0.1) is 0 Å². The molecule has 2 saturated heterocycles. The zero-order chi connectivity index (χ0) is 18.2. The lowest BCUT2D eigenvalue weighted by Crippen LogP contribution is -2.62. The molecule has 2 aliphatic heterocycles. The third kappa shape index (κ3) is 3.87. The van der Waals surface area contributed by atoms with Crippen LogP contribution in [0.25, 0.3) is 0 Å². The number of likely N-dealkylation sites (tertiary alicyclic amines) is 1. The highest BCUT2D eigenvalue weighted by Gasteiger charge is 2.37. The first-order chi connectivity index (χ1) is 11.8. The van der Waals surface area contributed by atoms with E-state index >= 15 is 0 Å². The van der Waals surface area contributed by atoms with Gasteiger partial charge in [0.2, 0.25) is 0 Å². The minimum atomic E-state index is -1.95. The highest BCUT2D eigenvalue weighted by atomic mass is 31.2. The molecule has 0 unspecified atom stereocenters. The maximum Gasteiger partial charge on any atom is 0.489 e. The van der Waals surface area contributed by atoms with Crippen LogP contribution in [0.2, 0.25) is 0 Å². The minimum absolute atomic E-state index is 0.0883. The number of carbonyl (C=O) groups is 2. The van der Waals surface area contributed by atoms with Crippen LogP contribution in [-0.4, -0.2) is 90.4 Å². The first kappa shape index (κ1) is 18.3. The molecule has 2 heterocycles. The van der Waals surface area contributed by atoms with Gasteiger partial charge in [0.05, 0.1) is 7.14 Å². The van der Waals surface area contributed by atoms with Crippen molar-refractivity contribution in [2.24, 2.45) is 0 Å². The van der Waals surface area contributed by atoms with Crippen LogP contribution in [0.4, 0.5) is 0 Å². The Bertz CT molecular complexity index is 723. The SMILES string of the molecule is CP1(=O)CCN(C2CN(C(=O)c3ccc(B(O)O)c(C=O)c3)C2)CC1. The lowest BCUT2D eigenvalue weighted by atomic mass is 9.76. The normalized spacial score (nSPS) is 20.8. The van der Waals surface area contributed by atoms with Crippen LogP contribution in [0.5, 0.6) is 0 Å². The summed E-state index contributed by atoms with van der Waals surface area (Å²) in [5.74, 6) is -0.170. The Morgan fingerprint density at radius 3 is 2.48 bits per heavy atom. The van der Waals surface area contributed by atoms with Crippen molar-refractivity contribution in [2.45, 2.75) is 6.04 Å². The third-order valence-electron chi connectivity index (χ3n) is 5.13. The summed E-state index contributed by atoms with van der Waals surface area (Å²) >= 11 is 0. The summed E-state index contributed by atoms with van der Waals surface area (Å²) in [6.45, 7) is 4.73. The molecule has 0 atom stereocenters. The highest BCUT2D eigenvalue weighted by Crippen LogP contribution is 2.43. The van der Waals surface area contributed by atoms with Gasteiger partial charge in [-0.3, -0.25) is 14.5 Å². The Labute approximate surface area is 147 Å².